The van der Waals surface area contributed by atoms with Crippen LogP contribution in [0.15, 0.2) is 47.5 Å². The molecule has 0 radical (unpaired) electrons. The van der Waals surface area contributed by atoms with E-state index in [4.69, 9.17) is 0 Å². The average Bonchev–Trinajstić information content (AvgIpc) is 3.44. The molecule has 9 nitrogen and oxygen atoms in total. The van der Waals surface area contributed by atoms with Crippen molar-refractivity contribution in [1.82, 2.24) is 29.2 Å². The fraction of sp³-hybridized carbons (Fsp3) is 0.350. The van der Waals surface area contributed by atoms with Crippen molar-refractivity contribution in [1.29, 1.82) is 0 Å². The van der Waals surface area contributed by atoms with E-state index < -0.39 is 0 Å². The maximum atomic E-state index is 13.0. The summed E-state index contributed by atoms with van der Waals surface area (Å²) < 4.78 is 3.46. The number of hydrogen-bond acceptors (Lipinski definition) is 5. The molecule has 1 N–H and O–H groups in total. The van der Waals surface area contributed by atoms with Crippen molar-refractivity contribution in [2.24, 2.45) is 7.05 Å². The third-order valence-corrected chi connectivity index (χ3v) is 5.94. The van der Waals surface area contributed by atoms with E-state index in [1.165, 1.54) is 0 Å². The minimum atomic E-state index is -0.319. The Morgan fingerprint density at radius 1 is 1.14 bits per heavy atom. The van der Waals surface area contributed by atoms with Crippen LogP contribution in [0.1, 0.15) is 18.7 Å². The van der Waals surface area contributed by atoms with E-state index in [1.807, 2.05) is 37.4 Å². The van der Waals surface area contributed by atoms with Gasteiger partial charge in [0.2, 0.25) is 0 Å². The molecule has 9 heteroatoms. The highest BCUT2D eigenvalue weighted by Gasteiger charge is 2.48. The average molecular weight is 391 g/mol. The van der Waals surface area contributed by atoms with Crippen LogP contribution in [-0.4, -0.2) is 48.3 Å². The normalized spacial score (nSPS) is 20.2. The second-order valence-corrected chi connectivity index (χ2v) is 7.69. The van der Waals surface area contributed by atoms with E-state index in [9.17, 15) is 9.59 Å². The number of para-hydroxylation sites is 1. The van der Waals surface area contributed by atoms with Crippen LogP contribution in [0.2, 0.25) is 0 Å². The number of aryl methyl sites for hydroxylation is 1. The van der Waals surface area contributed by atoms with Crippen LogP contribution in [-0.2, 0) is 19.0 Å². The molecule has 1 aromatic carbocycles. The molecule has 1 spiro atoms. The van der Waals surface area contributed by atoms with E-state index in [0.29, 0.717) is 31.3 Å². The van der Waals surface area contributed by atoms with Gasteiger partial charge in [-0.2, -0.15) is 0 Å². The Hall–Kier alpha value is -3.49. The van der Waals surface area contributed by atoms with Gasteiger partial charge in [-0.1, -0.05) is 18.2 Å². The Morgan fingerprint density at radius 3 is 2.69 bits per heavy atom. The minimum Gasteiger partial charge on any atom is -0.333 e. The van der Waals surface area contributed by atoms with Gasteiger partial charge in [-0.05, 0) is 25.0 Å². The molecule has 3 aromatic rings. The number of urea groups is 1. The number of carbonyl (C=O) groups is 1. The lowest BCUT2D eigenvalue weighted by molar-refractivity contribution is 0.219. The predicted molar refractivity (Wildman–Crippen MR) is 106 cm³/mol. The zero-order chi connectivity index (χ0) is 20.0. The van der Waals surface area contributed by atoms with Gasteiger partial charge in [0.1, 0.15) is 5.82 Å². The number of benzene rings is 1. The van der Waals surface area contributed by atoms with Crippen molar-refractivity contribution in [2.45, 2.75) is 24.8 Å². The molecule has 2 aromatic heterocycles. The summed E-state index contributed by atoms with van der Waals surface area (Å²) in [4.78, 5) is 31.7. The van der Waals surface area contributed by atoms with Gasteiger partial charge in [0.15, 0.2) is 11.5 Å². The number of fused-ring (bicyclic) bond motifs is 2. The number of imidazole rings is 1. The molecule has 148 valence electrons. The highest BCUT2D eigenvalue weighted by molar-refractivity contribution is 5.89. The summed E-state index contributed by atoms with van der Waals surface area (Å²) in [5, 5.41) is 11.6. The Balaban J connectivity index is 1.41. The fourth-order valence-corrected chi connectivity index (χ4v) is 4.35. The van der Waals surface area contributed by atoms with Crippen LogP contribution in [0.3, 0.4) is 0 Å². The second-order valence-electron chi connectivity index (χ2n) is 7.69. The Labute approximate surface area is 167 Å². The van der Waals surface area contributed by atoms with E-state index in [0.717, 1.165) is 18.5 Å². The van der Waals surface area contributed by atoms with Gasteiger partial charge in [-0.3, -0.25) is 9.36 Å². The van der Waals surface area contributed by atoms with Gasteiger partial charge in [0, 0.05) is 44.8 Å². The second kappa shape index (κ2) is 6.54. The number of nitrogens with zero attached hydrogens (tertiary/aromatic N) is 6. The predicted octanol–water partition coefficient (Wildman–Crippen LogP) is 1.62. The molecule has 2 aliphatic heterocycles. The molecule has 0 saturated carbocycles. The lowest BCUT2D eigenvalue weighted by atomic mass is 9.85. The zero-order valence-corrected chi connectivity index (χ0v) is 16.1. The van der Waals surface area contributed by atoms with Gasteiger partial charge < -0.3 is 14.8 Å². The summed E-state index contributed by atoms with van der Waals surface area (Å²) in [6, 6.07) is 9.26. The zero-order valence-electron chi connectivity index (χ0n) is 16.1. The highest BCUT2D eigenvalue weighted by Crippen LogP contribution is 2.40. The molecule has 0 aliphatic carbocycles. The summed E-state index contributed by atoms with van der Waals surface area (Å²) in [5.74, 6) is 1.18. The topological polar surface area (TPSA) is 97.9 Å². The standard InChI is InChI=1S/C20H21N7O2/c1-25-12-9-21-16(25)15-17(28)27-11-8-20(18(27)24-23-15)7-10-26(13-20)19(29)22-14-5-3-2-4-6-14/h2-6,9,12H,7-8,10-11,13H2,1H3,(H,22,29). The van der Waals surface area contributed by atoms with Crippen molar-refractivity contribution in [2.75, 3.05) is 18.4 Å². The molecule has 4 heterocycles. The van der Waals surface area contributed by atoms with Gasteiger partial charge in [-0.15, -0.1) is 10.2 Å². The van der Waals surface area contributed by atoms with Crippen LogP contribution in [0, 0.1) is 0 Å². The maximum absolute atomic E-state index is 13.0. The van der Waals surface area contributed by atoms with Gasteiger partial charge in [0.05, 0.1) is 5.41 Å². The van der Waals surface area contributed by atoms with Crippen molar-refractivity contribution < 1.29 is 4.79 Å². The first-order chi connectivity index (χ1) is 14.1. The molecular formula is C20H21N7O2. The van der Waals surface area contributed by atoms with Crippen molar-refractivity contribution >= 4 is 11.7 Å². The quantitative estimate of drug-likeness (QED) is 0.716. The fourth-order valence-electron chi connectivity index (χ4n) is 4.35. The Kier molecular flexibility index (Phi) is 3.97. The molecule has 1 saturated heterocycles. The molecule has 1 atom stereocenters. The van der Waals surface area contributed by atoms with Gasteiger partial charge in [-0.25, -0.2) is 9.78 Å². The molecule has 1 unspecified atom stereocenters. The van der Waals surface area contributed by atoms with Crippen LogP contribution in [0.25, 0.3) is 11.5 Å². The molecule has 1 fully saturated rings. The first kappa shape index (κ1) is 17.6. The number of nitrogens with one attached hydrogen (secondary N) is 1. The smallest absolute Gasteiger partial charge is 0.321 e. The molecule has 0 bridgehead atoms. The van der Waals surface area contributed by atoms with Crippen LogP contribution in [0.5, 0.6) is 0 Å². The number of anilines is 1. The summed E-state index contributed by atoms with van der Waals surface area (Å²) in [7, 11) is 1.82. The molecule has 2 aliphatic rings. The van der Waals surface area contributed by atoms with Gasteiger partial charge in [0.25, 0.3) is 5.56 Å². The number of rotatable bonds is 2. The monoisotopic (exact) mass is 391 g/mol. The van der Waals surface area contributed by atoms with E-state index in [2.05, 4.69) is 20.5 Å². The first-order valence-corrected chi connectivity index (χ1v) is 9.64. The first-order valence-electron chi connectivity index (χ1n) is 9.64. The summed E-state index contributed by atoms with van der Waals surface area (Å²) in [6.07, 6.45) is 4.95. The van der Waals surface area contributed by atoms with E-state index in [1.54, 1.807) is 26.4 Å². The minimum absolute atomic E-state index is 0.133. The lowest BCUT2D eigenvalue weighted by Gasteiger charge is -2.23. The molecule has 5 rings (SSSR count). The lowest BCUT2D eigenvalue weighted by Crippen LogP contribution is -2.37. The number of carbonyl (C=O) groups excluding carboxylic acids is 1. The van der Waals surface area contributed by atoms with Gasteiger partial charge >= 0.3 is 6.03 Å². The SMILES string of the molecule is Cn1ccnc1-c1nnc2n(c1=O)CCC21CCN(C(=O)Nc2ccccc2)C1. The van der Waals surface area contributed by atoms with Crippen molar-refractivity contribution in [3.8, 4) is 11.5 Å². The van der Waals surface area contributed by atoms with Crippen LogP contribution in [0.4, 0.5) is 10.5 Å². The van der Waals surface area contributed by atoms with Crippen molar-refractivity contribution in [3.05, 3.63) is 58.9 Å². The number of amides is 2. The Morgan fingerprint density at radius 2 is 1.93 bits per heavy atom. The van der Waals surface area contributed by atoms with E-state index in [-0.39, 0.29) is 22.7 Å². The van der Waals surface area contributed by atoms with Crippen LogP contribution >= 0.6 is 0 Å². The third kappa shape index (κ3) is 2.81. The largest absolute Gasteiger partial charge is 0.333 e. The third-order valence-electron chi connectivity index (χ3n) is 5.94. The maximum Gasteiger partial charge on any atom is 0.321 e. The Bertz CT molecular complexity index is 1140. The highest BCUT2D eigenvalue weighted by atomic mass is 16.2. The summed E-state index contributed by atoms with van der Waals surface area (Å²) in [6.45, 7) is 1.73. The molecule has 29 heavy (non-hydrogen) atoms. The number of likely N-dealkylation sites (tertiary alicyclic amines) is 1. The van der Waals surface area contributed by atoms with Crippen LogP contribution < -0.4 is 10.9 Å². The number of aromatic nitrogens is 5. The molecule has 2 amide bonds. The summed E-state index contributed by atoms with van der Waals surface area (Å²) in [5.41, 5.74) is 0.532. The van der Waals surface area contributed by atoms with E-state index >= 15 is 0 Å². The summed E-state index contributed by atoms with van der Waals surface area (Å²) >= 11 is 0. The molecular weight excluding hydrogens is 370 g/mol. The number of hydrogen-bond donors (Lipinski definition) is 1. The van der Waals surface area contributed by atoms with Crippen molar-refractivity contribution in [3.63, 3.8) is 0 Å².